The van der Waals surface area contributed by atoms with Gasteiger partial charge in [-0.05, 0) is 30.7 Å². The van der Waals surface area contributed by atoms with Gasteiger partial charge >= 0.3 is 0 Å². The van der Waals surface area contributed by atoms with Crippen LogP contribution in [-0.4, -0.2) is 23.6 Å². The zero-order valence-electron chi connectivity index (χ0n) is 8.92. The van der Waals surface area contributed by atoms with Crippen molar-refractivity contribution in [1.82, 2.24) is 5.32 Å². The Morgan fingerprint density at radius 3 is 3.06 bits per heavy atom. The summed E-state index contributed by atoms with van der Waals surface area (Å²) >= 11 is 5.15. The maximum atomic E-state index is 11.9. The van der Waals surface area contributed by atoms with Gasteiger partial charge in [0.15, 0.2) is 0 Å². The van der Waals surface area contributed by atoms with E-state index < -0.39 is 0 Å². The number of amides is 1. The van der Waals surface area contributed by atoms with Gasteiger partial charge in [-0.15, -0.1) is 11.8 Å². The molecular weight excluding hydrogens is 288 g/mol. The third-order valence-electron chi connectivity index (χ3n) is 2.48. The summed E-state index contributed by atoms with van der Waals surface area (Å²) < 4.78 is 1.03. The summed E-state index contributed by atoms with van der Waals surface area (Å²) in [5.41, 5.74) is 1.94. The lowest BCUT2D eigenvalue weighted by molar-refractivity contribution is -0.117. The van der Waals surface area contributed by atoms with E-state index in [0.717, 1.165) is 27.4 Å². The average Bonchev–Trinajstić information content (AvgIpc) is 2.75. The molecule has 86 valence electrons. The maximum Gasteiger partial charge on any atom is 0.242 e. The molecule has 0 radical (unpaired) electrons. The molecule has 0 aliphatic carbocycles. The SMILES string of the molecule is Cc1cc(Br)ccc1NC(=O)C1CSCN1. The van der Waals surface area contributed by atoms with Crippen LogP contribution in [-0.2, 0) is 4.79 Å². The van der Waals surface area contributed by atoms with Crippen molar-refractivity contribution >= 4 is 39.3 Å². The van der Waals surface area contributed by atoms with Gasteiger partial charge in [-0.2, -0.15) is 0 Å². The molecule has 1 saturated heterocycles. The van der Waals surface area contributed by atoms with Gasteiger partial charge in [0, 0.05) is 21.8 Å². The summed E-state index contributed by atoms with van der Waals surface area (Å²) in [5.74, 6) is 1.76. The minimum absolute atomic E-state index is 0.0513. The van der Waals surface area contributed by atoms with Crippen molar-refractivity contribution in [1.29, 1.82) is 0 Å². The van der Waals surface area contributed by atoms with Gasteiger partial charge in [0.05, 0.1) is 6.04 Å². The van der Waals surface area contributed by atoms with Crippen molar-refractivity contribution in [3.63, 3.8) is 0 Å². The molecule has 1 amide bonds. The summed E-state index contributed by atoms with van der Waals surface area (Å²) in [6.45, 7) is 1.98. The number of carbonyl (C=O) groups is 1. The van der Waals surface area contributed by atoms with Crippen LogP contribution >= 0.6 is 27.7 Å². The fourth-order valence-electron chi connectivity index (χ4n) is 1.55. The number of aryl methyl sites for hydroxylation is 1. The lowest BCUT2D eigenvalue weighted by Gasteiger charge is -2.12. The van der Waals surface area contributed by atoms with Crippen LogP contribution in [0.4, 0.5) is 5.69 Å². The number of benzene rings is 1. The Morgan fingerprint density at radius 1 is 1.62 bits per heavy atom. The molecule has 1 fully saturated rings. The Bertz CT molecular complexity index is 405. The molecule has 1 aromatic rings. The zero-order chi connectivity index (χ0) is 11.5. The van der Waals surface area contributed by atoms with E-state index in [9.17, 15) is 4.79 Å². The Hall–Kier alpha value is -0.520. The average molecular weight is 301 g/mol. The summed E-state index contributed by atoms with van der Waals surface area (Å²) in [7, 11) is 0. The molecule has 1 aromatic carbocycles. The van der Waals surface area contributed by atoms with Gasteiger partial charge in [0.25, 0.3) is 0 Å². The minimum Gasteiger partial charge on any atom is -0.324 e. The highest BCUT2D eigenvalue weighted by Crippen LogP contribution is 2.20. The molecule has 1 heterocycles. The van der Waals surface area contributed by atoms with Crippen molar-refractivity contribution in [3.05, 3.63) is 28.2 Å². The van der Waals surface area contributed by atoms with Gasteiger partial charge in [0.2, 0.25) is 5.91 Å². The van der Waals surface area contributed by atoms with Crippen LogP contribution in [0.3, 0.4) is 0 Å². The van der Waals surface area contributed by atoms with Crippen LogP contribution in [0.1, 0.15) is 5.56 Å². The topological polar surface area (TPSA) is 41.1 Å². The number of halogens is 1. The molecule has 0 bridgehead atoms. The quantitative estimate of drug-likeness (QED) is 0.881. The van der Waals surface area contributed by atoms with E-state index in [2.05, 4.69) is 26.6 Å². The summed E-state index contributed by atoms with van der Waals surface area (Å²) in [6.07, 6.45) is 0. The first-order valence-corrected chi connectivity index (χ1v) is 7.00. The second kappa shape index (κ2) is 5.21. The number of hydrogen-bond donors (Lipinski definition) is 2. The molecule has 5 heteroatoms. The molecule has 2 N–H and O–H groups in total. The first-order chi connectivity index (χ1) is 7.66. The number of anilines is 1. The molecule has 0 saturated carbocycles. The van der Waals surface area contributed by atoms with E-state index in [1.807, 2.05) is 25.1 Å². The lowest BCUT2D eigenvalue weighted by atomic mass is 10.2. The number of hydrogen-bond acceptors (Lipinski definition) is 3. The fourth-order valence-corrected chi connectivity index (χ4v) is 2.97. The van der Waals surface area contributed by atoms with Crippen molar-refractivity contribution < 1.29 is 4.79 Å². The molecule has 1 aliphatic rings. The van der Waals surface area contributed by atoms with Crippen molar-refractivity contribution in [2.75, 3.05) is 16.9 Å². The minimum atomic E-state index is -0.0620. The second-order valence-electron chi connectivity index (χ2n) is 3.72. The van der Waals surface area contributed by atoms with Crippen LogP contribution in [0.2, 0.25) is 0 Å². The third kappa shape index (κ3) is 2.78. The Kier molecular flexibility index (Phi) is 3.89. The number of nitrogens with one attached hydrogen (secondary N) is 2. The number of carbonyl (C=O) groups excluding carboxylic acids is 1. The smallest absolute Gasteiger partial charge is 0.242 e. The van der Waals surface area contributed by atoms with Crippen molar-refractivity contribution in [2.24, 2.45) is 0 Å². The van der Waals surface area contributed by atoms with E-state index in [4.69, 9.17) is 0 Å². The Balaban J connectivity index is 2.05. The van der Waals surface area contributed by atoms with Gasteiger partial charge in [-0.3, -0.25) is 10.1 Å². The summed E-state index contributed by atoms with van der Waals surface area (Å²) in [5, 5.41) is 6.09. The van der Waals surface area contributed by atoms with Gasteiger partial charge in [-0.1, -0.05) is 15.9 Å². The summed E-state index contributed by atoms with van der Waals surface area (Å²) in [6, 6.07) is 5.78. The summed E-state index contributed by atoms with van der Waals surface area (Å²) in [4.78, 5) is 11.9. The van der Waals surface area contributed by atoms with Crippen LogP contribution in [0.15, 0.2) is 22.7 Å². The monoisotopic (exact) mass is 300 g/mol. The molecule has 2 rings (SSSR count). The molecule has 0 aromatic heterocycles. The molecule has 1 unspecified atom stereocenters. The van der Waals surface area contributed by atoms with Gasteiger partial charge < -0.3 is 5.32 Å². The zero-order valence-corrected chi connectivity index (χ0v) is 11.3. The molecule has 16 heavy (non-hydrogen) atoms. The maximum absolute atomic E-state index is 11.9. The second-order valence-corrected chi connectivity index (χ2v) is 5.67. The van der Waals surface area contributed by atoms with Crippen LogP contribution in [0.25, 0.3) is 0 Å². The fraction of sp³-hybridized carbons (Fsp3) is 0.364. The van der Waals surface area contributed by atoms with E-state index >= 15 is 0 Å². The number of rotatable bonds is 2. The third-order valence-corrected chi connectivity index (χ3v) is 3.91. The highest BCUT2D eigenvalue weighted by molar-refractivity contribution is 9.10. The van der Waals surface area contributed by atoms with Gasteiger partial charge in [-0.25, -0.2) is 0 Å². The largest absolute Gasteiger partial charge is 0.324 e. The van der Waals surface area contributed by atoms with Crippen LogP contribution in [0, 0.1) is 6.92 Å². The predicted molar refractivity (Wildman–Crippen MR) is 71.8 cm³/mol. The van der Waals surface area contributed by atoms with Crippen molar-refractivity contribution in [3.8, 4) is 0 Å². The standard InChI is InChI=1S/C11H13BrN2OS/c1-7-4-8(12)2-3-9(7)14-11(15)10-5-16-6-13-10/h2-4,10,13H,5-6H2,1H3,(H,14,15). The molecule has 1 aliphatic heterocycles. The van der Waals surface area contributed by atoms with E-state index in [-0.39, 0.29) is 11.9 Å². The van der Waals surface area contributed by atoms with E-state index in [1.165, 1.54) is 0 Å². The van der Waals surface area contributed by atoms with Crippen molar-refractivity contribution in [2.45, 2.75) is 13.0 Å². The highest BCUT2D eigenvalue weighted by Gasteiger charge is 2.22. The first kappa shape index (κ1) is 12.0. The molecule has 0 spiro atoms. The number of thioether (sulfide) groups is 1. The molecular formula is C11H13BrN2OS. The Labute approximate surface area is 108 Å². The van der Waals surface area contributed by atoms with Gasteiger partial charge in [0.1, 0.15) is 0 Å². The first-order valence-electron chi connectivity index (χ1n) is 5.05. The van der Waals surface area contributed by atoms with E-state index in [0.29, 0.717) is 0 Å². The highest BCUT2D eigenvalue weighted by atomic mass is 79.9. The molecule has 3 nitrogen and oxygen atoms in total. The van der Waals surface area contributed by atoms with Crippen LogP contribution < -0.4 is 10.6 Å². The molecule has 1 atom stereocenters. The normalized spacial score (nSPS) is 19.8. The predicted octanol–water partition coefficient (Wildman–Crippen LogP) is 2.36. The Morgan fingerprint density at radius 2 is 2.44 bits per heavy atom. The van der Waals surface area contributed by atoms with Crippen LogP contribution in [0.5, 0.6) is 0 Å². The lowest BCUT2D eigenvalue weighted by Crippen LogP contribution is -2.37. The van der Waals surface area contributed by atoms with E-state index in [1.54, 1.807) is 11.8 Å².